The molecule has 0 bridgehead atoms. The number of aliphatic hydroxyl groups excluding tert-OH is 1. The molecule has 0 saturated heterocycles. The van der Waals surface area contributed by atoms with Gasteiger partial charge in [-0.25, -0.2) is 0 Å². The monoisotopic (exact) mass is 274 g/mol. The molecule has 0 aliphatic heterocycles. The standard InChI is InChI=1S/C15H18N2O3/c1-10(6-7-18)8-17-15(20)12-9-16-13-5-3-2-4-11(13)14(12)19/h2-5,9-10,18H,6-8H2,1H3,(H,16,19)(H,17,20). The number of aromatic amines is 1. The number of hydrogen-bond donors (Lipinski definition) is 3. The molecule has 1 aromatic heterocycles. The van der Waals surface area contributed by atoms with Crippen LogP contribution in [0.5, 0.6) is 0 Å². The summed E-state index contributed by atoms with van der Waals surface area (Å²) in [7, 11) is 0. The highest BCUT2D eigenvalue weighted by atomic mass is 16.3. The number of carbonyl (C=O) groups excluding carboxylic acids is 1. The largest absolute Gasteiger partial charge is 0.396 e. The highest BCUT2D eigenvalue weighted by molar-refractivity contribution is 5.97. The van der Waals surface area contributed by atoms with Gasteiger partial charge in [0.05, 0.1) is 0 Å². The molecule has 20 heavy (non-hydrogen) atoms. The minimum absolute atomic E-state index is 0.0909. The molecule has 5 heteroatoms. The molecule has 5 nitrogen and oxygen atoms in total. The second kappa shape index (κ2) is 6.34. The summed E-state index contributed by atoms with van der Waals surface area (Å²) in [6.45, 7) is 2.46. The maximum Gasteiger partial charge on any atom is 0.256 e. The van der Waals surface area contributed by atoms with Gasteiger partial charge in [-0.1, -0.05) is 19.1 Å². The quantitative estimate of drug-likeness (QED) is 0.768. The first kappa shape index (κ1) is 14.3. The van der Waals surface area contributed by atoms with Crippen molar-refractivity contribution in [1.29, 1.82) is 0 Å². The Morgan fingerprint density at radius 2 is 2.15 bits per heavy atom. The molecule has 0 radical (unpaired) electrons. The van der Waals surface area contributed by atoms with Gasteiger partial charge in [-0.2, -0.15) is 0 Å². The van der Waals surface area contributed by atoms with Gasteiger partial charge >= 0.3 is 0 Å². The number of H-pyrrole nitrogens is 1. The predicted octanol–water partition coefficient (Wildman–Crippen LogP) is 1.28. The first-order valence-corrected chi connectivity index (χ1v) is 6.63. The smallest absolute Gasteiger partial charge is 0.256 e. The molecular formula is C15H18N2O3. The topological polar surface area (TPSA) is 82.2 Å². The summed E-state index contributed by atoms with van der Waals surface area (Å²) < 4.78 is 0. The average molecular weight is 274 g/mol. The first-order valence-electron chi connectivity index (χ1n) is 6.63. The minimum Gasteiger partial charge on any atom is -0.396 e. The summed E-state index contributed by atoms with van der Waals surface area (Å²) >= 11 is 0. The van der Waals surface area contributed by atoms with Crippen molar-refractivity contribution in [3.8, 4) is 0 Å². The van der Waals surface area contributed by atoms with Gasteiger partial charge in [-0.05, 0) is 24.5 Å². The van der Waals surface area contributed by atoms with Crippen LogP contribution in [0.2, 0.25) is 0 Å². The number of pyridine rings is 1. The Balaban J connectivity index is 2.18. The molecule has 2 aromatic rings. The Morgan fingerprint density at radius 3 is 2.90 bits per heavy atom. The zero-order valence-electron chi connectivity index (χ0n) is 11.3. The van der Waals surface area contributed by atoms with Gasteiger partial charge in [0.25, 0.3) is 5.91 Å². The van der Waals surface area contributed by atoms with Crippen molar-refractivity contribution in [2.45, 2.75) is 13.3 Å². The van der Waals surface area contributed by atoms with Crippen molar-refractivity contribution < 1.29 is 9.90 Å². The number of fused-ring (bicyclic) bond motifs is 1. The molecule has 106 valence electrons. The van der Waals surface area contributed by atoms with E-state index in [1.165, 1.54) is 6.20 Å². The summed E-state index contributed by atoms with van der Waals surface area (Å²) in [4.78, 5) is 27.2. The Labute approximate surface area is 116 Å². The van der Waals surface area contributed by atoms with Crippen molar-refractivity contribution in [2.75, 3.05) is 13.2 Å². The average Bonchev–Trinajstić information content (AvgIpc) is 2.46. The molecule has 1 heterocycles. The lowest BCUT2D eigenvalue weighted by Gasteiger charge is -2.11. The fourth-order valence-corrected chi connectivity index (χ4v) is 2.02. The Bertz CT molecular complexity index is 663. The van der Waals surface area contributed by atoms with E-state index < -0.39 is 0 Å². The van der Waals surface area contributed by atoms with Gasteiger partial charge in [0.15, 0.2) is 0 Å². The van der Waals surface area contributed by atoms with Crippen LogP contribution >= 0.6 is 0 Å². The third kappa shape index (κ3) is 3.05. The number of nitrogens with one attached hydrogen (secondary N) is 2. The van der Waals surface area contributed by atoms with Crippen molar-refractivity contribution in [1.82, 2.24) is 10.3 Å². The maximum absolute atomic E-state index is 12.2. The summed E-state index contributed by atoms with van der Waals surface area (Å²) in [5, 5.41) is 12.0. The molecule has 2 rings (SSSR count). The van der Waals surface area contributed by atoms with Gasteiger partial charge in [0.2, 0.25) is 5.43 Å². The molecule has 0 aliphatic rings. The number of aromatic nitrogens is 1. The van der Waals surface area contributed by atoms with E-state index in [0.29, 0.717) is 23.9 Å². The lowest BCUT2D eigenvalue weighted by molar-refractivity contribution is 0.0944. The molecule has 0 saturated carbocycles. The normalized spacial score (nSPS) is 12.3. The highest BCUT2D eigenvalue weighted by Gasteiger charge is 2.13. The summed E-state index contributed by atoms with van der Waals surface area (Å²) in [6.07, 6.45) is 2.06. The van der Waals surface area contributed by atoms with E-state index in [1.54, 1.807) is 18.2 Å². The number of aliphatic hydroxyl groups is 1. The number of carbonyl (C=O) groups is 1. The van der Waals surface area contributed by atoms with Crippen molar-refractivity contribution in [3.63, 3.8) is 0 Å². The van der Waals surface area contributed by atoms with Gasteiger partial charge in [-0.15, -0.1) is 0 Å². The Morgan fingerprint density at radius 1 is 1.40 bits per heavy atom. The van der Waals surface area contributed by atoms with Crippen LogP contribution in [0.1, 0.15) is 23.7 Å². The van der Waals surface area contributed by atoms with Crippen molar-refractivity contribution >= 4 is 16.8 Å². The predicted molar refractivity (Wildman–Crippen MR) is 77.8 cm³/mol. The number of amides is 1. The van der Waals surface area contributed by atoms with Crippen LogP contribution in [0.15, 0.2) is 35.3 Å². The summed E-state index contributed by atoms with van der Waals surface area (Å²) in [6, 6.07) is 7.08. The van der Waals surface area contributed by atoms with Crippen LogP contribution in [0.4, 0.5) is 0 Å². The van der Waals surface area contributed by atoms with Crippen LogP contribution in [-0.4, -0.2) is 29.1 Å². The molecule has 1 aromatic carbocycles. The molecule has 0 spiro atoms. The number of hydrogen-bond acceptors (Lipinski definition) is 3. The lowest BCUT2D eigenvalue weighted by Crippen LogP contribution is -2.32. The Kier molecular flexibility index (Phi) is 4.53. The number of para-hydroxylation sites is 1. The van der Waals surface area contributed by atoms with E-state index >= 15 is 0 Å². The third-order valence-electron chi connectivity index (χ3n) is 3.27. The zero-order valence-corrected chi connectivity index (χ0v) is 11.3. The van der Waals surface area contributed by atoms with E-state index in [1.807, 2.05) is 13.0 Å². The number of rotatable bonds is 5. The summed E-state index contributed by atoms with van der Waals surface area (Å²) in [5.74, 6) is -0.217. The molecule has 0 aliphatic carbocycles. The molecular weight excluding hydrogens is 256 g/mol. The van der Waals surface area contributed by atoms with E-state index in [-0.39, 0.29) is 29.4 Å². The van der Waals surface area contributed by atoms with E-state index in [9.17, 15) is 9.59 Å². The fraction of sp³-hybridized carbons (Fsp3) is 0.333. The third-order valence-corrected chi connectivity index (χ3v) is 3.27. The van der Waals surface area contributed by atoms with Crippen molar-refractivity contribution in [2.24, 2.45) is 5.92 Å². The molecule has 1 amide bonds. The van der Waals surface area contributed by atoms with Gasteiger partial charge in [0, 0.05) is 30.3 Å². The van der Waals surface area contributed by atoms with Crippen LogP contribution in [0.3, 0.4) is 0 Å². The minimum atomic E-state index is -0.387. The maximum atomic E-state index is 12.2. The molecule has 3 N–H and O–H groups in total. The van der Waals surface area contributed by atoms with Gasteiger partial charge in [0.1, 0.15) is 5.56 Å². The number of benzene rings is 1. The fourth-order valence-electron chi connectivity index (χ4n) is 2.02. The highest BCUT2D eigenvalue weighted by Crippen LogP contribution is 2.07. The van der Waals surface area contributed by atoms with E-state index in [0.717, 1.165) is 0 Å². The Hall–Kier alpha value is -2.14. The lowest BCUT2D eigenvalue weighted by atomic mass is 10.1. The van der Waals surface area contributed by atoms with Gasteiger partial charge < -0.3 is 15.4 Å². The van der Waals surface area contributed by atoms with E-state index in [2.05, 4.69) is 10.3 Å². The SMILES string of the molecule is CC(CCO)CNC(=O)c1c[nH]c2ccccc2c1=O. The second-order valence-corrected chi connectivity index (χ2v) is 4.90. The molecule has 0 fully saturated rings. The van der Waals surface area contributed by atoms with Crippen molar-refractivity contribution in [3.05, 3.63) is 46.2 Å². The second-order valence-electron chi connectivity index (χ2n) is 4.90. The molecule has 1 atom stereocenters. The zero-order chi connectivity index (χ0) is 14.5. The van der Waals surface area contributed by atoms with Gasteiger partial charge in [-0.3, -0.25) is 9.59 Å². The van der Waals surface area contributed by atoms with E-state index in [4.69, 9.17) is 5.11 Å². The van der Waals surface area contributed by atoms with Crippen LogP contribution in [0.25, 0.3) is 10.9 Å². The first-order chi connectivity index (χ1) is 9.63. The molecule has 1 unspecified atom stereocenters. The summed E-state index contributed by atoms with van der Waals surface area (Å²) in [5.41, 5.74) is 0.550. The van der Waals surface area contributed by atoms with Crippen LogP contribution < -0.4 is 10.7 Å². The van der Waals surface area contributed by atoms with Crippen LogP contribution in [0, 0.1) is 5.92 Å². The van der Waals surface area contributed by atoms with Crippen LogP contribution in [-0.2, 0) is 0 Å².